The van der Waals surface area contributed by atoms with Crippen molar-refractivity contribution in [3.63, 3.8) is 0 Å². The lowest BCUT2D eigenvalue weighted by molar-refractivity contribution is -0.151. The van der Waals surface area contributed by atoms with Gasteiger partial charge in [0.15, 0.2) is 0 Å². The molecule has 20 heavy (non-hydrogen) atoms. The van der Waals surface area contributed by atoms with Crippen LogP contribution in [-0.4, -0.2) is 62.4 Å². The molecule has 1 rings (SSSR count). The van der Waals surface area contributed by atoms with Gasteiger partial charge in [0, 0.05) is 25.7 Å². The van der Waals surface area contributed by atoms with Gasteiger partial charge in [0.05, 0.1) is 13.2 Å². The molecule has 0 aliphatic heterocycles. The standard InChI is InChI=1S/C15H30N2O3/c1-6-20-14(18)15(16-4)8-7-13(11-15)17(12(2)3)9-10-19-5/h12-13,16H,6-11H2,1-5H3. The molecule has 1 aliphatic rings. The van der Waals surface area contributed by atoms with E-state index in [0.717, 1.165) is 32.4 Å². The first kappa shape index (κ1) is 17.4. The van der Waals surface area contributed by atoms with Gasteiger partial charge in [0.1, 0.15) is 5.54 Å². The quantitative estimate of drug-likeness (QED) is 0.684. The minimum atomic E-state index is -0.513. The molecule has 0 aromatic rings. The first-order valence-corrected chi connectivity index (χ1v) is 7.61. The Balaban J connectivity index is 2.73. The Morgan fingerprint density at radius 1 is 1.50 bits per heavy atom. The number of nitrogens with zero attached hydrogens (tertiary/aromatic N) is 1. The zero-order valence-corrected chi connectivity index (χ0v) is 13.6. The van der Waals surface area contributed by atoms with Gasteiger partial charge >= 0.3 is 5.97 Å². The molecule has 0 aromatic heterocycles. The largest absolute Gasteiger partial charge is 0.465 e. The Kier molecular flexibility index (Phi) is 6.92. The molecule has 0 spiro atoms. The normalized spacial score (nSPS) is 26.4. The van der Waals surface area contributed by atoms with E-state index in [1.165, 1.54) is 0 Å². The number of esters is 1. The fourth-order valence-electron chi connectivity index (χ4n) is 3.15. The SMILES string of the molecule is CCOC(=O)C1(NC)CCC(N(CCOC)C(C)C)C1. The van der Waals surface area contributed by atoms with E-state index in [4.69, 9.17) is 9.47 Å². The molecule has 0 aromatic carbocycles. The van der Waals surface area contributed by atoms with Gasteiger partial charge in [-0.05, 0) is 47.1 Å². The van der Waals surface area contributed by atoms with Crippen LogP contribution in [0.1, 0.15) is 40.0 Å². The van der Waals surface area contributed by atoms with Crippen molar-refractivity contribution in [1.29, 1.82) is 0 Å². The molecule has 1 N–H and O–H groups in total. The van der Waals surface area contributed by atoms with Crippen molar-refractivity contribution in [2.75, 3.05) is 33.9 Å². The molecule has 1 aliphatic carbocycles. The molecule has 2 unspecified atom stereocenters. The van der Waals surface area contributed by atoms with E-state index in [1.54, 1.807) is 7.11 Å². The van der Waals surface area contributed by atoms with E-state index in [-0.39, 0.29) is 5.97 Å². The Bertz CT molecular complexity index is 309. The average molecular weight is 286 g/mol. The molecule has 0 amide bonds. The van der Waals surface area contributed by atoms with Gasteiger partial charge in [-0.15, -0.1) is 0 Å². The summed E-state index contributed by atoms with van der Waals surface area (Å²) in [6.07, 6.45) is 2.66. The van der Waals surface area contributed by atoms with Crippen molar-refractivity contribution in [2.45, 2.75) is 57.7 Å². The van der Waals surface area contributed by atoms with Crippen LogP contribution in [0.15, 0.2) is 0 Å². The summed E-state index contributed by atoms with van der Waals surface area (Å²) in [5.74, 6) is -0.111. The number of methoxy groups -OCH3 is 1. The molecule has 0 saturated heterocycles. The van der Waals surface area contributed by atoms with Crippen LogP contribution in [0.4, 0.5) is 0 Å². The predicted octanol–water partition coefficient (Wildman–Crippen LogP) is 1.42. The lowest BCUT2D eigenvalue weighted by Gasteiger charge is -2.34. The molecule has 0 bridgehead atoms. The maximum Gasteiger partial charge on any atom is 0.326 e. The number of hydrogen-bond acceptors (Lipinski definition) is 5. The maximum atomic E-state index is 12.2. The first-order chi connectivity index (χ1) is 9.50. The van der Waals surface area contributed by atoms with Crippen molar-refractivity contribution in [1.82, 2.24) is 10.2 Å². The van der Waals surface area contributed by atoms with E-state index in [9.17, 15) is 4.79 Å². The van der Waals surface area contributed by atoms with Crippen LogP contribution >= 0.6 is 0 Å². The molecule has 0 heterocycles. The molecule has 118 valence electrons. The third kappa shape index (κ3) is 3.93. The highest BCUT2D eigenvalue weighted by Crippen LogP contribution is 2.34. The van der Waals surface area contributed by atoms with Crippen LogP contribution in [0, 0.1) is 0 Å². The zero-order valence-electron chi connectivity index (χ0n) is 13.6. The van der Waals surface area contributed by atoms with Gasteiger partial charge in [0.25, 0.3) is 0 Å². The molecule has 2 atom stereocenters. The number of likely N-dealkylation sites (N-methyl/N-ethyl adjacent to an activating group) is 1. The van der Waals surface area contributed by atoms with Gasteiger partial charge in [-0.25, -0.2) is 0 Å². The molecular weight excluding hydrogens is 256 g/mol. The lowest BCUT2D eigenvalue weighted by atomic mass is 9.97. The summed E-state index contributed by atoms with van der Waals surface area (Å²) in [5.41, 5.74) is -0.513. The molecule has 1 saturated carbocycles. The van der Waals surface area contributed by atoms with E-state index in [2.05, 4.69) is 24.1 Å². The third-order valence-electron chi connectivity index (χ3n) is 4.32. The summed E-state index contributed by atoms with van der Waals surface area (Å²) in [4.78, 5) is 14.7. The van der Waals surface area contributed by atoms with Crippen molar-refractivity contribution >= 4 is 5.97 Å². The summed E-state index contributed by atoms with van der Waals surface area (Å²) in [6, 6.07) is 0.854. The monoisotopic (exact) mass is 286 g/mol. The predicted molar refractivity (Wildman–Crippen MR) is 79.8 cm³/mol. The molecule has 1 fully saturated rings. The second kappa shape index (κ2) is 7.96. The summed E-state index contributed by atoms with van der Waals surface area (Å²) in [5, 5.41) is 3.21. The Hall–Kier alpha value is -0.650. The van der Waals surface area contributed by atoms with Crippen LogP contribution in [0.2, 0.25) is 0 Å². The Labute approximate surface area is 123 Å². The minimum absolute atomic E-state index is 0.111. The number of carbonyl (C=O) groups is 1. The van der Waals surface area contributed by atoms with Crippen LogP contribution < -0.4 is 5.32 Å². The molecule has 0 radical (unpaired) electrons. The summed E-state index contributed by atoms with van der Waals surface area (Å²) < 4.78 is 10.4. The number of ether oxygens (including phenoxy) is 2. The Morgan fingerprint density at radius 2 is 2.20 bits per heavy atom. The number of nitrogens with one attached hydrogen (secondary N) is 1. The molecular formula is C15H30N2O3. The number of hydrogen-bond donors (Lipinski definition) is 1. The van der Waals surface area contributed by atoms with Crippen molar-refractivity contribution in [2.24, 2.45) is 0 Å². The maximum absolute atomic E-state index is 12.2. The fraction of sp³-hybridized carbons (Fsp3) is 0.933. The molecule has 5 heteroatoms. The highest BCUT2D eigenvalue weighted by molar-refractivity contribution is 5.81. The van der Waals surface area contributed by atoms with E-state index < -0.39 is 5.54 Å². The van der Waals surface area contributed by atoms with Crippen molar-refractivity contribution in [3.05, 3.63) is 0 Å². The zero-order chi connectivity index (χ0) is 15.2. The van der Waals surface area contributed by atoms with Gasteiger partial charge in [0.2, 0.25) is 0 Å². The lowest BCUT2D eigenvalue weighted by Crippen LogP contribution is -2.51. The summed E-state index contributed by atoms with van der Waals surface area (Å²) in [6.45, 7) is 8.30. The van der Waals surface area contributed by atoms with Crippen molar-refractivity contribution < 1.29 is 14.3 Å². The van der Waals surface area contributed by atoms with E-state index >= 15 is 0 Å². The van der Waals surface area contributed by atoms with Gasteiger partial charge in [-0.1, -0.05) is 0 Å². The molecule has 5 nitrogen and oxygen atoms in total. The highest BCUT2D eigenvalue weighted by atomic mass is 16.5. The Morgan fingerprint density at radius 3 is 2.70 bits per heavy atom. The second-order valence-electron chi connectivity index (χ2n) is 5.77. The number of rotatable bonds is 8. The number of carbonyl (C=O) groups excluding carboxylic acids is 1. The second-order valence-corrected chi connectivity index (χ2v) is 5.77. The fourth-order valence-corrected chi connectivity index (χ4v) is 3.15. The van der Waals surface area contributed by atoms with Crippen LogP contribution in [0.3, 0.4) is 0 Å². The van der Waals surface area contributed by atoms with Crippen LogP contribution in [0.25, 0.3) is 0 Å². The van der Waals surface area contributed by atoms with E-state index in [1.807, 2.05) is 14.0 Å². The first-order valence-electron chi connectivity index (χ1n) is 7.61. The topological polar surface area (TPSA) is 50.8 Å². The van der Waals surface area contributed by atoms with Gasteiger partial charge < -0.3 is 14.8 Å². The van der Waals surface area contributed by atoms with Gasteiger partial charge in [-0.2, -0.15) is 0 Å². The third-order valence-corrected chi connectivity index (χ3v) is 4.32. The average Bonchev–Trinajstić information content (AvgIpc) is 2.85. The highest BCUT2D eigenvalue weighted by Gasteiger charge is 2.47. The summed E-state index contributed by atoms with van der Waals surface area (Å²) in [7, 11) is 3.58. The van der Waals surface area contributed by atoms with Crippen molar-refractivity contribution in [3.8, 4) is 0 Å². The van der Waals surface area contributed by atoms with Crippen LogP contribution in [0.5, 0.6) is 0 Å². The smallest absolute Gasteiger partial charge is 0.326 e. The van der Waals surface area contributed by atoms with E-state index in [0.29, 0.717) is 18.7 Å². The minimum Gasteiger partial charge on any atom is -0.465 e. The summed E-state index contributed by atoms with van der Waals surface area (Å²) >= 11 is 0. The van der Waals surface area contributed by atoms with Gasteiger partial charge in [-0.3, -0.25) is 9.69 Å². The van der Waals surface area contributed by atoms with Crippen LogP contribution in [-0.2, 0) is 14.3 Å².